The van der Waals surface area contributed by atoms with Gasteiger partial charge in [-0.2, -0.15) is 0 Å². The Bertz CT molecular complexity index is 410. The van der Waals surface area contributed by atoms with Crippen LogP contribution in [-0.4, -0.2) is 36.8 Å². The molecular formula is C12H18FN3O2. The fourth-order valence-electron chi connectivity index (χ4n) is 1.41. The fourth-order valence-corrected chi connectivity index (χ4v) is 1.41. The molecule has 0 aromatic heterocycles. The van der Waals surface area contributed by atoms with E-state index in [-0.39, 0.29) is 5.56 Å². The number of carbonyl (C=O) groups excluding carboxylic acids is 1. The number of halogens is 1. The van der Waals surface area contributed by atoms with Crippen LogP contribution < -0.4 is 16.4 Å². The lowest BCUT2D eigenvalue weighted by molar-refractivity contribution is 0.1000. The normalized spacial score (nSPS) is 12.2. The van der Waals surface area contributed by atoms with Gasteiger partial charge >= 0.3 is 0 Å². The van der Waals surface area contributed by atoms with Gasteiger partial charge in [-0.3, -0.25) is 4.79 Å². The second-order valence-corrected chi connectivity index (χ2v) is 4.04. The van der Waals surface area contributed by atoms with E-state index < -0.39 is 17.8 Å². The highest BCUT2D eigenvalue weighted by atomic mass is 19.1. The first kappa shape index (κ1) is 14.4. The number of nitrogens with two attached hydrogens (primary N) is 1. The van der Waals surface area contributed by atoms with Gasteiger partial charge in [0, 0.05) is 25.2 Å². The maximum absolute atomic E-state index is 13.5. The van der Waals surface area contributed by atoms with Gasteiger partial charge in [0.05, 0.1) is 11.8 Å². The number of aliphatic hydroxyl groups excluding tert-OH is 1. The van der Waals surface area contributed by atoms with Crippen molar-refractivity contribution in [3.63, 3.8) is 0 Å². The lowest BCUT2D eigenvalue weighted by atomic mass is 10.2. The van der Waals surface area contributed by atoms with Crippen LogP contribution in [0.2, 0.25) is 0 Å². The van der Waals surface area contributed by atoms with Gasteiger partial charge in [-0.25, -0.2) is 4.39 Å². The van der Waals surface area contributed by atoms with E-state index in [0.29, 0.717) is 25.3 Å². The number of nitrogens with one attached hydrogen (secondary N) is 2. The fraction of sp³-hybridized carbons (Fsp3) is 0.417. The minimum absolute atomic E-state index is 0.144. The zero-order valence-corrected chi connectivity index (χ0v) is 10.2. The first-order valence-corrected chi connectivity index (χ1v) is 5.72. The molecule has 1 aromatic rings. The zero-order chi connectivity index (χ0) is 13.5. The van der Waals surface area contributed by atoms with E-state index in [1.165, 1.54) is 12.1 Å². The summed E-state index contributed by atoms with van der Waals surface area (Å²) in [4.78, 5) is 10.8. The quantitative estimate of drug-likeness (QED) is 0.528. The average molecular weight is 255 g/mol. The number of anilines is 1. The molecule has 1 amide bonds. The number of hydrogen-bond donors (Lipinski definition) is 4. The maximum atomic E-state index is 13.5. The lowest BCUT2D eigenvalue weighted by Crippen LogP contribution is -2.29. The van der Waals surface area contributed by atoms with Crippen molar-refractivity contribution in [3.05, 3.63) is 29.6 Å². The number of rotatable bonds is 7. The molecule has 0 aliphatic heterocycles. The highest BCUT2D eigenvalue weighted by Crippen LogP contribution is 2.14. The largest absolute Gasteiger partial charge is 0.392 e. The molecule has 5 N–H and O–H groups in total. The molecule has 0 heterocycles. The van der Waals surface area contributed by atoms with Gasteiger partial charge in [-0.15, -0.1) is 0 Å². The Morgan fingerprint density at radius 3 is 2.78 bits per heavy atom. The minimum atomic E-state index is -0.654. The molecule has 0 radical (unpaired) electrons. The number of hydrogen-bond acceptors (Lipinski definition) is 4. The SMILES string of the molecule is CC(O)CNCCNc1ccc(C(N)=O)cc1F. The standard InChI is InChI=1S/C12H18FN3O2/c1-8(17)7-15-4-5-16-11-3-2-9(12(14)18)6-10(11)13/h2-3,6,8,15-17H,4-5,7H2,1H3,(H2,14,18). The van der Waals surface area contributed by atoms with Crippen molar-refractivity contribution in [1.82, 2.24) is 5.32 Å². The average Bonchev–Trinajstić information content (AvgIpc) is 2.29. The third kappa shape index (κ3) is 4.68. The van der Waals surface area contributed by atoms with Crippen LogP contribution in [0.25, 0.3) is 0 Å². The van der Waals surface area contributed by atoms with Crippen molar-refractivity contribution in [2.24, 2.45) is 5.73 Å². The molecule has 0 aliphatic carbocycles. The molecule has 0 fully saturated rings. The summed E-state index contributed by atoms with van der Waals surface area (Å²) in [5.74, 6) is -1.17. The Morgan fingerprint density at radius 2 is 2.22 bits per heavy atom. The summed E-state index contributed by atoms with van der Waals surface area (Å²) >= 11 is 0. The number of amides is 1. The number of carbonyl (C=O) groups is 1. The Morgan fingerprint density at radius 1 is 1.50 bits per heavy atom. The van der Waals surface area contributed by atoms with Crippen LogP contribution in [0.1, 0.15) is 17.3 Å². The molecule has 0 bridgehead atoms. The third-order valence-corrected chi connectivity index (χ3v) is 2.31. The van der Waals surface area contributed by atoms with E-state index in [1.807, 2.05) is 0 Å². The molecule has 18 heavy (non-hydrogen) atoms. The van der Waals surface area contributed by atoms with Crippen molar-refractivity contribution in [2.45, 2.75) is 13.0 Å². The molecule has 0 spiro atoms. The topological polar surface area (TPSA) is 87.4 Å². The van der Waals surface area contributed by atoms with Gasteiger partial charge in [0.25, 0.3) is 0 Å². The molecule has 1 unspecified atom stereocenters. The van der Waals surface area contributed by atoms with E-state index in [0.717, 1.165) is 6.07 Å². The van der Waals surface area contributed by atoms with E-state index in [2.05, 4.69) is 10.6 Å². The van der Waals surface area contributed by atoms with E-state index in [4.69, 9.17) is 10.8 Å². The Kier molecular flexibility index (Phi) is 5.54. The predicted molar refractivity (Wildman–Crippen MR) is 68.0 cm³/mol. The van der Waals surface area contributed by atoms with Crippen LogP contribution in [-0.2, 0) is 0 Å². The van der Waals surface area contributed by atoms with Gasteiger partial charge in [0.15, 0.2) is 0 Å². The van der Waals surface area contributed by atoms with Crippen LogP contribution in [0.4, 0.5) is 10.1 Å². The van der Waals surface area contributed by atoms with Crippen LogP contribution in [0.5, 0.6) is 0 Å². The summed E-state index contributed by atoms with van der Waals surface area (Å²) < 4.78 is 13.5. The first-order chi connectivity index (χ1) is 8.50. The molecule has 1 rings (SSSR count). The zero-order valence-electron chi connectivity index (χ0n) is 10.2. The summed E-state index contributed by atoms with van der Waals surface area (Å²) in [5, 5.41) is 14.9. The van der Waals surface area contributed by atoms with Crippen molar-refractivity contribution >= 4 is 11.6 Å². The second-order valence-electron chi connectivity index (χ2n) is 4.04. The second kappa shape index (κ2) is 6.93. The molecule has 1 atom stereocenters. The molecular weight excluding hydrogens is 237 g/mol. The number of benzene rings is 1. The Labute approximate surface area is 105 Å². The van der Waals surface area contributed by atoms with Crippen molar-refractivity contribution in [1.29, 1.82) is 0 Å². The monoisotopic (exact) mass is 255 g/mol. The highest BCUT2D eigenvalue weighted by Gasteiger charge is 2.06. The number of primary amides is 1. The molecule has 1 aromatic carbocycles. The van der Waals surface area contributed by atoms with Crippen LogP contribution >= 0.6 is 0 Å². The Hall–Kier alpha value is -1.66. The molecule has 5 nitrogen and oxygen atoms in total. The molecule has 0 saturated carbocycles. The van der Waals surface area contributed by atoms with Crippen molar-refractivity contribution < 1.29 is 14.3 Å². The minimum Gasteiger partial charge on any atom is -0.392 e. The smallest absolute Gasteiger partial charge is 0.248 e. The molecule has 6 heteroatoms. The van der Waals surface area contributed by atoms with Crippen LogP contribution in [0.3, 0.4) is 0 Å². The predicted octanol–water partition coefficient (Wildman–Crippen LogP) is 0.307. The van der Waals surface area contributed by atoms with E-state index >= 15 is 0 Å². The van der Waals surface area contributed by atoms with Crippen molar-refractivity contribution in [3.8, 4) is 0 Å². The highest BCUT2D eigenvalue weighted by molar-refractivity contribution is 5.93. The lowest BCUT2D eigenvalue weighted by Gasteiger charge is -2.10. The third-order valence-electron chi connectivity index (χ3n) is 2.31. The summed E-state index contributed by atoms with van der Waals surface area (Å²) in [6.45, 7) is 3.29. The molecule has 0 aliphatic rings. The maximum Gasteiger partial charge on any atom is 0.248 e. The first-order valence-electron chi connectivity index (χ1n) is 5.72. The number of aliphatic hydroxyl groups is 1. The summed E-state index contributed by atoms with van der Waals surface area (Å²) in [5.41, 5.74) is 5.50. The summed E-state index contributed by atoms with van der Waals surface area (Å²) in [6.07, 6.45) is -0.406. The Balaban J connectivity index is 2.41. The summed E-state index contributed by atoms with van der Waals surface area (Å²) in [7, 11) is 0. The van der Waals surface area contributed by atoms with E-state index in [9.17, 15) is 9.18 Å². The van der Waals surface area contributed by atoms with Crippen LogP contribution in [0, 0.1) is 5.82 Å². The van der Waals surface area contributed by atoms with Gasteiger partial charge in [-0.05, 0) is 25.1 Å². The molecule has 100 valence electrons. The van der Waals surface area contributed by atoms with Gasteiger partial charge < -0.3 is 21.5 Å². The van der Waals surface area contributed by atoms with Crippen molar-refractivity contribution in [2.75, 3.05) is 25.0 Å². The molecule has 0 saturated heterocycles. The van der Waals surface area contributed by atoms with Gasteiger partial charge in [-0.1, -0.05) is 0 Å². The van der Waals surface area contributed by atoms with Gasteiger partial charge in [0.2, 0.25) is 5.91 Å². The van der Waals surface area contributed by atoms with E-state index in [1.54, 1.807) is 6.92 Å². The van der Waals surface area contributed by atoms with Gasteiger partial charge in [0.1, 0.15) is 5.82 Å². The summed E-state index contributed by atoms with van der Waals surface area (Å²) in [6, 6.07) is 4.05. The van der Waals surface area contributed by atoms with Crippen LogP contribution in [0.15, 0.2) is 18.2 Å².